The number of nitrogens with zero attached hydrogens (tertiary/aromatic N) is 1. The summed E-state index contributed by atoms with van der Waals surface area (Å²) in [5.74, 6) is 0.471. The van der Waals surface area contributed by atoms with Gasteiger partial charge in [0.25, 0.3) is 0 Å². The number of ether oxygens (including phenoxy) is 1. The first kappa shape index (κ1) is 7.85. The molecule has 0 aromatic rings. The van der Waals surface area contributed by atoms with E-state index in [4.69, 9.17) is 16.3 Å². The fraction of sp³-hybridized carbons (Fsp3) is 1.00. The number of rotatable bonds is 5. The van der Waals surface area contributed by atoms with Crippen molar-refractivity contribution in [1.29, 1.82) is 0 Å². The van der Waals surface area contributed by atoms with Crippen LogP contribution in [0.5, 0.6) is 0 Å². The first-order valence-electron chi connectivity index (χ1n) is 2.34. The molecule has 0 aromatic heterocycles. The molecule has 0 N–H and O–H groups in total. The Balaban J connectivity index is 2.62. The van der Waals surface area contributed by atoms with E-state index in [1.807, 2.05) is 0 Å². The average Bonchev–Trinajstić information content (AvgIpc) is 1.81. The Kier molecular flexibility index (Phi) is 6.72. The van der Waals surface area contributed by atoms with Gasteiger partial charge >= 0.3 is 0 Å². The van der Waals surface area contributed by atoms with E-state index < -0.39 is 0 Å². The van der Waals surface area contributed by atoms with Crippen molar-refractivity contribution in [1.82, 2.24) is 0 Å². The van der Waals surface area contributed by atoms with Gasteiger partial charge in [-0.15, -0.1) is 11.6 Å². The second-order valence-corrected chi connectivity index (χ2v) is 1.53. The molecule has 0 aliphatic rings. The molecular formula is C4H8ClNO2. The van der Waals surface area contributed by atoms with Crippen LogP contribution in [0.3, 0.4) is 0 Å². The Labute approximate surface area is 52.9 Å². The Morgan fingerprint density at radius 3 is 2.75 bits per heavy atom. The van der Waals surface area contributed by atoms with Crippen LogP contribution in [-0.4, -0.2) is 25.6 Å². The minimum Gasteiger partial charge on any atom is -0.378 e. The highest BCUT2D eigenvalue weighted by Gasteiger charge is 1.83. The highest BCUT2D eigenvalue weighted by Crippen LogP contribution is 1.78. The van der Waals surface area contributed by atoms with Crippen LogP contribution in [0.15, 0.2) is 5.18 Å². The van der Waals surface area contributed by atoms with Crippen molar-refractivity contribution >= 4 is 11.6 Å². The second kappa shape index (κ2) is 6.85. The van der Waals surface area contributed by atoms with Crippen LogP contribution in [0.1, 0.15) is 0 Å². The van der Waals surface area contributed by atoms with Gasteiger partial charge in [-0.1, -0.05) is 5.18 Å². The van der Waals surface area contributed by atoms with Crippen molar-refractivity contribution in [2.45, 2.75) is 0 Å². The van der Waals surface area contributed by atoms with Crippen molar-refractivity contribution in [2.24, 2.45) is 5.18 Å². The molecule has 0 rings (SSSR count). The molecule has 0 aromatic carbocycles. The minimum atomic E-state index is 0.219. The monoisotopic (exact) mass is 137 g/mol. The van der Waals surface area contributed by atoms with Crippen molar-refractivity contribution < 1.29 is 4.74 Å². The number of halogens is 1. The average molecular weight is 138 g/mol. The Morgan fingerprint density at radius 2 is 2.25 bits per heavy atom. The zero-order valence-corrected chi connectivity index (χ0v) is 5.23. The van der Waals surface area contributed by atoms with Crippen molar-refractivity contribution in [3.63, 3.8) is 0 Å². The van der Waals surface area contributed by atoms with E-state index in [1.54, 1.807) is 0 Å². The summed E-state index contributed by atoms with van der Waals surface area (Å²) in [5, 5.41) is 2.59. The molecule has 8 heavy (non-hydrogen) atoms. The predicted molar refractivity (Wildman–Crippen MR) is 32.2 cm³/mol. The van der Waals surface area contributed by atoms with E-state index in [1.165, 1.54) is 0 Å². The van der Waals surface area contributed by atoms with Crippen molar-refractivity contribution in [3.8, 4) is 0 Å². The number of nitroso groups, excluding NO2 is 1. The zero-order valence-electron chi connectivity index (χ0n) is 4.47. The Morgan fingerprint density at radius 1 is 1.50 bits per heavy atom. The molecule has 0 heterocycles. The zero-order chi connectivity index (χ0) is 6.24. The standard InChI is InChI=1S/C4H8ClNO2/c5-1-3-8-4-2-6-7/h1-4H2. The van der Waals surface area contributed by atoms with Gasteiger partial charge in [-0.2, -0.15) is 4.91 Å². The van der Waals surface area contributed by atoms with Crippen LogP contribution in [-0.2, 0) is 4.74 Å². The number of hydrogen-bond donors (Lipinski definition) is 0. The van der Waals surface area contributed by atoms with Gasteiger partial charge in [0.05, 0.1) is 13.2 Å². The maximum atomic E-state index is 9.41. The van der Waals surface area contributed by atoms with Gasteiger partial charge in [-0.05, 0) is 0 Å². The first-order chi connectivity index (χ1) is 3.91. The normalized spacial score (nSPS) is 9.12. The smallest absolute Gasteiger partial charge is 0.104 e. The lowest BCUT2D eigenvalue weighted by Gasteiger charge is -1.93. The summed E-state index contributed by atoms with van der Waals surface area (Å²) < 4.78 is 4.80. The molecule has 0 amide bonds. The molecule has 0 radical (unpaired) electrons. The maximum Gasteiger partial charge on any atom is 0.104 e. The summed E-state index contributed by atoms with van der Waals surface area (Å²) in [6.07, 6.45) is 0. The molecule has 0 atom stereocenters. The molecule has 0 aliphatic carbocycles. The van der Waals surface area contributed by atoms with E-state index in [9.17, 15) is 4.91 Å². The third-order valence-electron chi connectivity index (χ3n) is 0.548. The Hall–Kier alpha value is -0.150. The van der Waals surface area contributed by atoms with Crippen LogP contribution >= 0.6 is 11.6 Å². The topological polar surface area (TPSA) is 38.7 Å². The fourth-order valence-corrected chi connectivity index (χ4v) is 0.368. The third kappa shape index (κ3) is 5.85. The number of alkyl halides is 1. The molecule has 0 fully saturated rings. The van der Waals surface area contributed by atoms with Crippen LogP contribution in [0, 0.1) is 4.91 Å². The quantitative estimate of drug-likeness (QED) is 0.322. The van der Waals surface area contributed by atoms with E-state index in [0.717, 1.165) is 0 Å². The maximum absolute atomic E-state index is 9.41. The van der Waals surface area contributed by atoms with E-state index in [2.05, 4.69) is 5.18 Å². The van der Waals surface area contributed by atoms with Gasteiger partial charge in [0.2, 0.25) is 0 Å². The SMILES string of the molecule is O=NCCOCCCl. The molecule has 0 unspecified atom stereocenters. The molecular weight excluding hydrogens is 130 g/mol. The molecule has 0 saturated carbocycles. The molecule has 4 heteroatoms. The van der Waals surface area contributed by atoms with Gasteiger partial charge in [0.1, 0.15) is 6.54 Å². The van der Waals surface area contributed by atoms with E-state index in [-0.39, 0.29) is 6.54 Å². The van der Waals surface area contributed by atoms with Gasteiger partial charge in [-0.3, -0.25) is 0 Å². The summed E-state index contributed by atoms with van der Waals surface area (Å²) >= 11 is 5.25. The third-order valence-corrected chi connectivity index (χ3v) is 0.703. The molecule has 0 aliphatic heterocycles. The summed E-state index contributed by atoms with van der Waals surface area (Å²) in [4.78, 5) is 9.41. The molecule has 0 bridgehead atoms. The van der Waals surface area contributed by atoms with Gasteiger partial charge in [0, 0.05) is 5.88 Å². The highest BCUT2D eigenvalue weighted by atomic mass is 35.5. The van der Waals surface area contributed by atoms with Gasteiger partial charge < -0.3 is 4.74 Å². The van der Waals surface area contributed by atoms with Crippen molar-refractivity contribution in [2.75, 3.05) is 25.6 Å². The molecule has 48 valence electrons. The second-order valence-electron chi connectivity index (χ2n) is 1.15. The lowest BCUT2D eigenvalue weighted by molar-refractivity contribution is 0.157. The summed E-state index contributed by atoms with van der Waals surface area (Å²) in [5.41, 5.74) is 0. The lowest BCUT2D eigenvalue weighted by Crippen LogP contribution is -1.99. The van der Waals surface area contributed by atoms with Gasteiger partial charge in [0.15, 0.2) is 0 Å². The van der Waals surface area contributed by atoms with E-state index in [0.29, 0.717) is 19.1 Å². The Bertz CT molecular complexity index is 60.0. The number of hydrogen-bond acceptors (Lipinski definition) is 3. The van der Waals surface area contributed by atoms with Crippen LogP contribution in [0.25, 0.3) is 0 Å². The molecule has 0 spiro atoms. The molecule has 0 saturated heterocycles. The minimum absolute atomic E-state index is 0.219. The summed E-state index contributed by atoms with van der Waals surface area (Å²) in [7, 11) is 0. The first-order valence-corrected chi connectivity index (χ1v) is 2.88. The van der Waals surface area contributed by atoms with Gasteiger partial charge in [-0.25, -0.2) is 0 Å². The molecule has 3 nitrogen and oxygen atoms in total. The van der Waals surface area contributed by atoms with Crippen LogP contribution in [0.2, 0.25) is 0 Å². The highest BCUT2D eigenvalue weighted by molar-refractivity contribution is 6.17. The predicted octanol–water partition coefficient (Wildman–Crippen LogP) is 1.01. The van der Waals surface area contributed by atoms with E-state index >= 15 is 0 Å². The largest absolute Gasteiger partial charge is 0.378 e. The van der Waals surface area contributed by atoms with Crippen LogP contribution < -0.4 is 0 Å². The summed E-state index contributed by atoms with van der Waals surface area (Å²) in [6, 6.07) is 0. The lowest BCUT2D eigenvalue weighted by atomic mass is 10.7. The summed E-state index contributed by atoms with van der Waals surface area (Å²) in [6.45, 7) is 1.10. The van der Waals surface area contributed by atoms with Crippen LogP contribution in [0.4, 0.5) is 0 Å². The fourth-order valence-electron chi connectivity index (χ4n) is 0.258. The van der Waals surface area contributed by atoms with Crippen molar-refractivity contribution in [3.05, 3.63) is 4.91 Å².